The van der Waals surface area contributed by atoms with Gasteiger partial charge in [-0.2, -0.15) is 0 Å². The van der Waals surface area contributed by atoms with Crippen molar-refractivity contribution in [3.63, 3.8) is 0 Å². The van der Waals surface area contributed by atoms with E-state index in [0.29, 0.717) is 18.9 Å². The fraction of sp³-hybridized carbons (Fsp3) is 0.533. The summed E-state index contributed by atoms with van der Waals surface area (Å²) in [5.74, 6) is 0.456. The fourth-order valence-electron chi connectivity index (χ4n) is 1.83. The SMILES string of the molecule is COC(CN)CC(=O)N(C)c1cccc(C(C)C)c1.Cl. The molecule has 0 heterocycles. The molecule has 0 aliphatic heterocycles. The Hall–Kier alpha value is -1.10. The largest absolute Gasteiger partial charge is 0.380 e. The van der Waals surface area contributed by atoms with Gasteiger partial charge in [0.25, 0.3) is 0 Å². The van der Waals surface area contributed by atoms with Crippen molar-refractivity contribution in [2.45, 2.75) is 32.3 Å². The first-order valence-electron chi connectivity index (χ1n) is 6.59. The highest BCUT2D eigenvalue weighted by Gasteiger charge is 2.16. The van der Waals surface area contributed by atoms with E-state index in [4.69, 9.17) is 10.5 Å². The highest BCUT2D eigenvalue weighted by molar-refractivity contribution is 5.93. The predicted octanol–water partition coefficient (Wildman–Crippen LogP) is 2.56. The number of amides is 1. The molecule has 1 unspecified atom stereocenters. The molecule has 5 heteroatoms. The van der Waals surface area contributed by atoms with Crippen LogP contribution in [0.4, 0.5) is 5.69 Å². The van der Waals surface area contributed by atoms with Crippen LogP contribution in [-0.4, -0.2) is 32.7 Å². The van der Waals surface area contributed by atoms with Crippen molar-refractivity contribution in [3.05, 3.63) is 29.8 Å². The molecule has 1 atom stereocenters. The van der Waals surface area contributed by atoms with Crippen LogP contribution in [-0.2, 0) is 9.53 Å². The smallest absolute Gasteiger partial charge is 0.229 e. The van der Waals surface area contributed by atoms with Crippen LogP contribution in [0.2, 0.25) is 0 Å². The number of hydrogen-bond donors (Lipinski definition) is 1. The summed E-state index contributed by atoms with van der Waals surface area (Å²) in [6.45, 7) is 4.62. The van der Waals surface area contributed by atoms with Crippen LogP contribution >= 0.6 is 12.4 Å². The molecule has 2 N–H and O–H groups in total. The van der Waals surface area contributed by atoms with E-state index < -0.39 is 0 Å². The second-order valence-electron chi connectivity index (χ2n) is 5.00. The van der Waals surface area contributed by atoms with Gasteiger partial charge in [0.2, 0.25) is 5.91 Å². The lowest BCUT2D eigenvalue weighted by Crippen LogP contribution is -2.33. The zero-order chi connectivity index (χ0) is 14.4. The summed E-state index contributed by atoms with van der Waals surface area (Å²) in [7, 11) is 3.36. The summed E-state index contributed by atoms with van der Waals surface area (Å²) in [5, 5.41) is 0. The van der Waals surface area contributed by atoms with Crippen LogP contribution in [0, 0.1) is 0 Å². The third-order valence-electron chi connectivity index (χ3n) is 3.30. The van der Waals surface area contributed by atoms with E-state index in [1.54, 1.807) is 19.1 Å². The van der Waals surface area contributed by atoms with E-state index in [2.05, 4.69) is 19.9 Å². The lowest BCUT2D eigenvalue weighted by molar-refractivity contribution is -0.120. The third kappa shape index (κ3) is 5.12. The van der Waals surface area contributed by atoms with Gasteiger partial charge in [-0.05, 0) is 23.6 Å². The average Bonchev–Trinajstić information content (AvgIpc) is 2.43. The van der Waals surface area contributed by atoms with Crippen molar-refractivity contribution in [1.29, 1.82) is 0 Å². The maximum atomic E-state index is 12.1. The molecule has 0 aliphatic rings. The summed E-state index contributed by atoms with van der Waals surface area (Å²) in [4.78, 5) is 13.8. The number of benzene rings is 1. The number of carbonyl (C=O) groups excluding carboxylic acids is 1. The molecule has 0 aliphatic carbocycles. The molecular formula is C15H25ClN2O2. The maximum absolute atomic E-state index is 12.1. The standard InChI is InChI=1S/C15H24N2O2.ClH/c1-11(2)12-6-5-7-13(8-12)17(3)15(18)9-14(10-16)19-4;/h5-8,11,14H,9-10,16H2,1-4H3;1H. The van der Waals surface area contributed by atoms with Crippen molar-refractivity contribution in [2.75, 3.05) is 25.6 Å². The van der Waals surface area contributed by atoms with Crippen molar-refractivity contribution in [3.8, 4) is 0 Å². The Morgan fingerprint density at radius 3 is 2.55 bits per heavy atom. The summed E-state index contributed by atoms with van der Waals surface area (Å²) in [6, 6.07) is 8.04. The van der Waals surface area contributed by atoms with E-state index in [0.717, 1.165) is 5.69 Å². The average molecular weight is 301 g/mol. The molecule has 0 aromatic heterocycles. The highest BCUT2D eigenvalue weighted by atomic mass is 35.5. The Balaban J connectivity index is 0.00000361. The number of anilines is 1. The summed E-state index contributed by atoms with van der Waals surface area (Å²) >= 11 is 0. The molecule has 1 amide bonds. The second kappa shape index (κ2) is 8.95. The normalized spacial score (nSPS) is 11.9. The molecule has 1 aromatic carbocycles. The fourth-order valence-corrected chi connectivity index (χ4v) is 1.83. The Morgan fingerprint density at radius 2 is 2.05 bits per heavy atom. The number of ether oxygens (including phenoxy) is 1. The highest BCUT2D eigenvalue weighted by Crippen LogP contribution is 2.21. The van der Waals surface area contributed by atoms with Crippen LogP contribution < -0.4 is 10.6 Å². The molecule has 20 heavy (non-hydrogen) atoms. The van der Waals surface area contributed by atoms with E-state index >= 15 is 0 Å². The Morgan fingerprint density at radius 1 is 1.40 bits per heavy atom. The minimum atomic E-state index is -0.219. The van der Waals surface area contributed by atoms with Gasteiger partial charge in [0.1, 0.15) is 0 Å². The van der Waals surface area contributed by atoms with Gasteiger partial charge in [-0.3, -0.25) is 4.79 Å². The molecule has 0 saturated carbocycles. The maximum Gasteiger partial charge on any atom is 0.229 e. The monoisotopic (exact) mass is 300 g/mol. The molecule has 4 nitrogen and oxygen atoms in total. The van der Waals surface area contributed by atoms with Gasteiger partial charge in [0.05, 0.1) is 12.5 Å². The minimum absolute atomic E-state index is 0. The number of nitrogens with two attached hydrogens (primary N) is 1. The van der Waals surface area contributed by atoms with Gasteiger partial charge in [-0.25, -0.2) is 0 Å². The lowest BCUT2D eigenvalue weighted by atomic mass is 10.0. The first kappa shape index (κ1) is 18.9. The van der Waals surface area contributed by atoms with Crippen molar-refractivity contribution >= 4 is 24.0 Å². The molecule has 0 spiro atoms. The molecular weight excluding hydrogens is 276 g/mol. The summed E-state index contributed by atoms with van der Waals surface area (Å²) < 4.78 is 5.15. The van der Waals surface area contributed by atoms with Crippen molar-refractivity contribution < 1.29 is 9.53 Å². The van der Waals surface area contributed by atoms with E-state index in [9.17, 15) is 4.79 Å². The summed E-state index contributed by atoms with van der Waals surface area (Å²) in [5.41, 5.74) is 7.67. The number of hydrogen-bond acceptors (Lipinski definition) is 3. The van der Waals surface area contributed by atoms with Gasteiger partial charge >= 0.3 is 0 Å². The molecule has 0 saturated heterocycles. The Bertz CT molecular complexity index is 420. The zero-order valence-electron chi connectivity index (χ0n) is 12.6. The third-order valence-corrected chi connectivity index (χ3v) is 3.30. The number of halogens is 1. The lowest BCUT2D eigenvalue weighted by Gasteiger charge is -2.21. The van der Waals surface area contributed by atoms with Gasteiger partial charge in [0, 0.05) is 26.4 Å². The Labute approximate surface area is 127 Å². The molecule has 0 fully saturated rings. The number of rotatable bonds is 6. The van der Waals surface area contributed by atoms with Gasteiger partial charge < -0.3 is 15.4 Å². The first-order chi connectivity index (χ1) is 8.99. The van der Waals surface area contributed by atoms with Gasteiger partial charge in [-0.15, -0.1) is 12.4 Å². The van der Waals surface area contributed by atoms with E-state index in [-0.39, 0.29) is 24.4 Å². The van der Waals surface area contributed by atoms with Crippen LogP contribution in [0.15, 0.2) is 24.3 Å². The van der Waals surface area contributed by atoms with Gasteiger partial charge in [-0.1, -0.05) is 26.0 Å². The first-order valence-corrected chi connectivity index (χ1v) is 6.59. The van der Waals surface area contributed by atoms with Crippen LogP contribution in [0.25, 0.3) is 0 Å². The van der Waals surface area contributed by atoms with E-state index in [1.165, 1.54) is 5.56 Å². The second-order valence-corrected chi connectivity index (χ2v) is 5.00. The van der Waals surface area contributed by atoms with E-state index in [1.807, 2.05) is 18.2 Å². The number of nitrogens with zero attached hydrogens (tertiary/aromatic N) is 1. The Kier molecular flexibility index (Phi) is 8.46. The topological polar surface area (TPSA) is 55.6 Å². The van der Waals surface area contributed by atoms with Crippen molar-refractivity contribution in [1.82, 2.24) is 0 Å². The number of carbonyl (C=O) groups is 1. The predicted molar refractivity (Wildman–Crippen MR) is 85.7 cm³/mol. The van der Waals surface area contributed by atoms with Crippen LogP contribution in [0.1, 0.15) is 31.7 Å². The summed E-state index contributed by atoms with van der Waals surface area (Å²) in [6.07, 6.45) is 0.0818. The molecule has 1 aromatic rings. The quantitative estimate of drug-likeness (QED) is 0.878. The van der Waals surface area contributed by atoms with Crippen LogP contribution in [0.5, 0.6) is 0 Å². The van der Waals surface area contributed by atoms with Crippen molar-refractivity contribution in [2.24, 2.45) is 5.73 Å². The minimum Gasteiger partial charge on any atom is -0.380 e. The van der Waals surface area contributed by atoms with Crippen LogP contribution in [0.3, 0.4) is 0 Å². The van der Waals surface area contributed by atoms with Gasteiger partial charge in [0.15, 0.2) is 0 Å². The molecule has 1 rings (SSSR count). The number of methoxy groups -OCH3 is 1. The molecule has 114 valence electrons. The molecule has 0 radical (unpaired) electrons. The zero-order valence-corrected chi connectivity index (χ0v) is 13.4. The molecule has 0 bridgehead atoms.